The average Bonchev–Trinajstić information content (AvgIpc) is 3.34. The number of fused-ring (bicyclic) bond motifs is 2. The fraction of sp³-hybridized carbons (Fsp3) is 0.348. The molecule has 0 saturated heterocycles. The summed E-state index contributed by atoms with van der Waals surface area (Å²) in [5.74, 6) is -0.0268. The maximum atomic E-state index is 11.3. The van der Waals surface area contributed by atoms with Gasteiger partial charge in [0.25, 0.3) is 0 Å². The van der Waals surface area contributed by atoms with Crippen molar-refractivity contribution in [2.45, 2.75) is 44.4 Å². The minimum Gasteiger partial charge on any atom is -0.390 e. The van der Waals surface area contributed by atoms with E-state index in [-0.39, 0.29) is 23.8 Å². The van der Waals surface area contributed by atoms with Gasteiger partial charge in [-0.1, -0.05) is 23.7 Å². The number of carbonyl (C=O) groups is 1. The second-order valence-electron chi connectivity index (χ2n) is 8.48. The quantitative estimate of drug-likeness (QED) is 0.386. The van der Waals surface area contributed by atoms with Gasteiger partial charge in [0.15, 0.2) is 0 Å². The number of benzene rings is 1. The van der Waals surface area contributed by atoms with Gasteiger partial charge in [0.05, 0.1) is 23.0 Å². The van der Waals surface area contributed by atoms with Crippen molar-refractivity contribution in [1.29, 1.82) is 0 Å². The molecule has 1 saturated carbocycles. The van der Waals surface area contributed by atoms with Crippen molar-refractivity contribution < 1.29 is 15.0 Å². The van der Waals surface area contributed by atoms with E-state index in [0.29, 0.717) is 23.6 Å². The van der Waals surface area contributed by atoms with E-state index in [1.54, 1.807) is 6.20 Å². The first-order valence-corrected chi connectivity index (χ1v) is 11.1. The molecule has 33 heavy (non-hydrogen) atoms. The van der Waals surface area contributed by atoms with E-state index >= 15 is 0 Å². The zero-order chi connectivity index (χ0) is 23.1. The zero-order valence-corrected chi connectivity index (χ0v) is 18.6. The lowest BCUT2D eigenvalue weighted by atomic mass is 9.95. The lowest BCUT2D eigenvalue weighted by Gasteiger charge is -2.19. The molecule has 0 bridgehead atoms. The van der Waals surface area contributed by atoms with E-state index in [0.717, 1.165) is 28.3 Å². The van der Waals surface area contributed by atoms with Crippen LogP contribution in [0.5, 0.6) is 0 Å². The number of aryl methyl sites for hydroxylation is 1. The number of hydrogen-bond donors (Lipinski definition) is 3. The minimum atomic E-state index is -0.899. The Kier molecular flexibility index (Phi) is 5.69. The summed E-state index contributed by atoms with van der Waals surface area (Å²) in [7, 11) is 0. The van der Waals surface area contributed by atoms with Crippen LogP contribution in [-0.4, -0.2) is 52.8 Å². The maximum Gasteiger partial charge on any atom is 0.229 e. The molecule has 3 aromatic heterocycles. The Bertz CT molecular complexity index is 1340. The first kappa shape index (κ1) is 21.7. The summed E-state index contributed by atoms with van der Waals surface area (Å²) in [6, 6.07) is 7.46. The molecule has 1 aliphatic rings. The number of rotatable bonds is 5. The Hall–Kier alpha value is -3.14. The fourth-order valence-electron chi connectivity index (χ4n) is 4.66. The van der Waals surface area contributed by atoms with Gasteiger partial charge >= 0.3 is 0 Å². The number of nitrogens with one attached hydrogen (secondary N) is 1. The number of carbonyl (C=O) groups excluding carboxylic acids is 1. The molecule has 3 N–H and O–H groups in total. The molecule has 9 nitrogen and oxygen atoms in total. The Balaban J connectivity index is 1.32. The second kappa shape index (κ2) is 8.66. The van der Waals surface area contributed by atoms with Crippen molar-refractivity contribution in [2.75, 3.05) is 5.32 Å². The minimum absolute atomic E-state index is 0.0733. The molecular formula is C23H23ClN6O3. The van der Waals surface area contributed by atoms with E-state index < -0.39 is 12.2 Å². The van der Waals surface area contributed by atoms with Crippen LogP contribution in [-0.2, 0) is 11.2 Å². The van der Waals surface area contributed by atoms with Crippen LogP contribution in [0.15, 0.2) is 43.0 Å². The third-order valence-electron chi connectivity index (χ3n) is 6.33. The number of hydrogen-bond acceptors (Lipinski definition) is 7. The van der Waals surface area contributed by atoms with Crippen molar-refractivity contribution in [3.8, 4) is 0 Å². The van der Waals surface area contributed by atoms with Gasteiger partial charge in [-0.25, -0.2) is 19.9 Å². The number of halogens is 1. The summed E-state index contributed by atoms with van der Waals surface area (Å²) < 4.78 is 1.88. The molecule has 0 radical (unpaired) electrons. The molecule has 1 amide bonds. The van der Waals surface area contributed by atoms with Crippen LogP contribution in [0.3, 0.4) is 0 Å². The highest BCUT2D eigenvalue weighted by Gasteiger charge is 2.42. The van der Waals surface area contributed by atoms with Crippen LogP contribution >= 0.6 is 11.6 Å². The van der Waals surface area contributed by atoms with Crippen LogP contribution < -0.4 is 5.32 Å². The van der Waals surface area contributed by atoms with Gasteiger partial charge in [-0.15, -0.1) is 0 Å². The highest BCUT2D eigenvalue weighted by molar-refractivity contribution is 6.33. The number of aliphatic hydroxyl groups is 2. The topological polar surface area (TPSA) is 126 Å². The third-order valence-corrected chi connectivity index (χ3v) is 6.63. The van der Waals surface area contributed by atoms with Gasteiger partial charge in [0, 0.05) is 24.7 Å². The van der Waals surface area contributed by atoms with Crippen LogP contribution in [0.25, 0.3) is 21.9 Å². The highest BCUT2D eigenvalue weighted by atomic mass is 35.5. The number of aliphatic hydroxyl groups excluding tert-OH is 2. The summed E-state index contributed by atoms with van der Waals surface area (Å²) >= 11 is 6.16. The Morgan fingerprint density at radius 1 is 1.21 bits per heavy atom. The fourth-order valence-corrected chi connectivity index (χ4v) is 4.86. The SMILES string of the molecule is CC(=O)Nc1ncc2ccc(CC[C@H]3C[C@@H](n4ccc5c(Cl)ncnc54)[C@H](O)[C@@H]3O)cc2n1. The van der Waals surface area contributed by atoms with Crippen molar-refractivity contribution >= 4 is 45.4 Å². The zero-order valence-electron chi connectivity index (χ0n) is 17.9. The number of nitrogens with zero attached hydrogens (tertiary/aromatic N) is 5. The molecule has 170 valence electrons. The molecule has 1 aromatic carbocycles. The first-order valence-electron chi connectivity index (χ1n) is 10.8. The molecule has 1 aliphatic carbocycles. The molecule has 5 rings (SSSR count). The van der Waals surface area contributed by atoms with E-state index in [1.807, 2.05) is 35.0 Å². The lowest BCUT2D eigenvalue weighted by Crippen LogP contribution is -2.29. The molecule has 1 fully saturated rings. The molecule has 0 spiro atoms. The number of anilines is 1. The lowest BCUT2D eigenvalue weighted by molar-refractivity contribution is -0.114. The number of aromatic nitrogens is 5. The largest absolute Gasteiger partial charge is 0.390 e. The standard InChI is InChI=1S/C23H23ClN6O3/c1-12(31)28-23-25-10-15-5-3-13(8-17(15)29-23)2-4-14-9-18(20(33)19(14)32)30-7-6-16-21(24)26-11-27-22(16)30/h3,5-8,10-11,14,18-20,32-33H,2,4,9H2,1H3,(H,25,28,29,31)/t14-,18+,19+,20-/m0/s1. The van der Waals surface area contributed by atoms with Crippen LogP contribution in [0.4, 0.5) is 5.95 Å². The van der Waals surface area contributed by atoms with Gasteiger partial charge in [-0.3, -0.25) is 10.1 Å². The van der Waals surface area contributed by atoms with Crippen molar-refractivity contribution in [3.63, 3.8) is 0 Å². The van der Waals surface area contributed by atoms with E-state index in [4.69, 9.17) is 11.6 Å². The predicted molar refractivity (Wildman–Crippen MR) is 124 cm³/mol. The highest BCUT2D eigenvalue weighted by Crippen LogP contribution is 2.39. The van der Waals surface area contributed by atoms with Crippen molar-refractivity contribution in [2.24, 2.45) is 5.92 Å². The Labute approximate surface area is 194 Å². The first-order chi connectivity index (χ1) is 15.9. The van der Waals surface area contributed by atoms with Gasteiger partial charge in [-0.05, 0) is 42.9 Å². The van der Waals surface area contributed by atoms with Crippen LogP contribution in [0, 0.1) is 5.92 Å². The molecule has 4 aromatic rings. The summed E-state index contributed by atoms with van der Waals surface area (Å²) in [6.07, 6.45) is 5.23. The summed E-state index contributed by atoms with van der Waals surface area (Å²) in [4.78, 5) is 28.1. The predicted octanol–water partition coefficient (Wildman–Crippen LogP) is 2.90. The van der Waals surface area contributed by atoms with E-state index in [1.165, 1.54) is 13.3 Å². The van der Waals surface area contributed by atoms with Gasteiger partial charge < -0.3 is 14.8 Å². The van der Waals surface area contributed by atoms with Crippen LogP contribution in [0.2, 0.25) is 5.15 Å². The Morgan fingerprint density at radius 2 is 2.06 bits per heavy atom. The molecule has 0 aliphatic heterocycles. The van der Waals surface area contributed by atoms with Crippen LogP contribution in [0.1, 0.15) is 31.4 Å². The van der Waals surface area contributed by atoms with E-state index in [9.17, 15) is 15.0 Å². The normalized spacial score (nSPS) is 22.8. The smallest absolute Gasteiger partial charge is 0.229 e. The third kappa shape index (κ3) is 4.15. The molecular weight excluding hydrogens is 444 g/mol. The summed E-state index contributed by atoms with van der Waals surface area (Å²) in [6.45, 7) is 1.41. The van der Waals surface area contributed by atoms with E-state index in [2.05, 4.69) is 25.3 Å². The maximum absolute atomic E-state index is 11.3. The summed E-state index contributed by atoms with van der Waals surface area (Å²) in [5.41, 5.74) is 2.45. The number of amides is 1. The summed E-state index contributed by atoms with van der Waals surface area (Å²) in [5, 5.41) is 26.1. The molecule has 4 atom stereocenters. The van der Waals surface area contributed by atoms with Crippen molar-refractivity contribution in [1.82, 2.24) is 24.5 Å². The molecule has 10 heteroatoms. The van der Waals surface area contributed by atoms with Crippen molar-refractivity contribution in [3.05, 3.63) is 53.7 Å². The van der Waals surface area contributed by atoms with Gasteiger partial charge in [-0.2, -0.15) is 0 Å². The molecule has 0 unspecified atom stereocenters. The monoisotopic (exact) mass is 466 g/mol. The Morgan fingerprint density at radius 3 is 2.88 bits per heavy atom. The molecule has 3 heterocycles. The average molecular weight is 467 g/mol. The van der Waals surface area contributed by atoms with Gasteiger partial charge in [0.1, 0.15) is 23.2 Å². The second-order valence-corrected chi connectivity index (χ2v) is 8.83. The van der Waals surface area contributed by atoms with Gasteiger partial charge in [0.2, 0.25) is 11.9 Å².